The minimum absolute atomic E-state index is 0.278. The highest BCUT2D eigenvalue weighted by atomic mass is 32.2. The summed E-state index contributed by atoms with van der Waals surface area (Å²) in [6.45, 7) is 0.278. The second kappa shape index (κ2) is 5.83. The standard InChI is InChI=1S/C11H14FNS/c1-14-11-4-2-3-9(6-11)5-10(7-12)8-13/h2-4,6-7H,5,8,13H2,1H3/b10-7-. The number of hydrogen-bond acceptors (Lipinski definition) is 2. The second-order valence-electron chi connectivity index (χ2n) is 3.00. The average Bonchev–Trinajstić information content (AvgIpc) is 2.26. The van der Waals surface area contributed by atoms with E-state index in [4.69, 9.17) is 5.73 Å². The van der Waals surface area contributed by atoms with E-state index in [1.165, 1.54) is 4.90 Å². The van der Waals surface area contributed by atoms with E-state index < -0.39 is 0 Å². The summed E-state index contributed by atoms with van der Waals surface area (Å²) in [6, 6.07) is 8.06. The van der Waals surface area contributed by atoms with Crippen LogP contribution in [0.4, 0.5) is 4.39 Å². The number of hydrogen-bond donors (Lipinski definition) is 1. The van der Waals surface area contributed by atoms with Crippen molar-refractivity contribution in [3.05, 3.63) is 41.7 Å². The minimum atomic E-state index is 0.278. The van der Waals surface area contributed by atoms with Crippen LogP contribution >= 0.6 is 11.8 Å². The minimum Gasteiger partial charge on any atom is -0.327 e. The lowest BCUT2D eigenvalue weighted by Gasteiger charge is -2.04. The van der Waals surface area contributed by atoms with Crippen molar-refractivity contribution in [2.24, 2.45) is 5.73 Å². The van der Waals surface area contributed by atoms with Crippen LogP contribution in [0.5, 0.6) is 0 Å². The number of halogens is 1. The Balaban J connectivity index is 2.76. The monoisotopic (exact) mass is 211 g/mol. The Bertz CT molecular complexity index is 323. The molecule has 0 aliphatic carbocycles. The highest BCUT2D eigenvalue weighted by Gasteiger charge is 1.99. The van der Waals surface area contributed by atoms with Crippen LogP contribution in [-0.4, -0.2) is 12.8 Å². The summed E-state index contributed by atoms with van der Waals surface area (Å²) in [7, 11) is 0. The maximum absolute atomic E-state index is 12.3. The van der Waals surface area contributed by atoms with Gasteiger partial charge in [0, 0.05) is 11.4 Å². The molecule has 0 fully saturated rings. The molecule has 0 saturated carbocycles. The molecule has 0 bridgehead atoms. The Morgan fingerprint density at radius 3 is 2.93 bits per heavy atom. The van der Waals surface area contributed by atoms with E-state index in [-0.39, 0.29) is 6.54 Å². The van der Waals surface area contributed by atoms with E-state index in [0.29, 0.717) is 18.3 Å². The first kappa shape index (κ1) is 11.3. The number of rotatable bonds is 4. The fourth-order valence-electron chi connectivity index (χ4n) is 1.20. The number of nitrogens with two attached hydrogens (primary N) is 1. The molecule has 76 valence electrons. The van der Waals surface area contributed by atoms with Crippen molar-refractivity contribution in [1.82, 2.24) is 0 Å². The molecule has 1 aromatic carbocycles. The lowest BCUT2D eigenvalue weighted by molar-refractivity contribution is 0.699. The van der Waals surface area contributed by atoms with Crippen molar-refractivity contribution in [2.45, 2.75) is 11.3 Å². The Morgan fingerprint density at radius 1 is 1.57 bits per heavy atom. The summed E-state index contributed by atoms with van der Waals surface area (Å²) in [4.78, 5) is 1.19. The van der Waals surface area contributed by atoms with E-state index in [0.717, 1.165) is 5.56 Å². The Kier molecular flexibility index (Phi) is 4.70. The van der Waals surface area contributed by atoms with Crippen LogP contribution in [0.3, 0.4) is 0 Å². The zero-order valence-corrected chi connectivity index (χ0v) is 8.98. The zero-order chi connectivity index (χ0) is 10.4. The van der Waals surface area contributed by atoms with Crippen LogP contribution in [0.25, 0.3) is 0 Å². The van der Waals surface area contributed by atoms with Crippen molar-refractivity contribution in [2.75, 3.05) is 12.8 Å². The molecule has 1 rings (SSSR count). The SMILES string of the molecule is CSc1cccc(C/C(=C/F)CN)c1. The van der Waals surface area contributed by atoms with Crippen LogP contribution in [0.2, 0.25) is 0 Å². The summed E-state index contributed by atoms with van der Waals surface area (Å²) in [5.41, 5.74) is 7.12. The van der Waals surface area contributed by atoms with E-state index in [9.17, 15) is 4.39 Å². The van der Waals surface area contributed by atoms with E-state index in [2.05, 4.69) is 6.07 Å². The first-order valence-electron chi connectivity index (χ1n) is 4.41. The molecule has 0 saturated heterocycles. The van der Waals surface area contributed by atoms with Gasteiger partial charge >= 0.3 is 0 Å². The van der Waals surface area contributed by atoms with E-state index >= 15 is 0 Å². The van der Waals surface area contributed by atoms with Gasteiger partial charge in [0.05, 0.1) is 6.33 Å². The summed E-state index contributed by atoms with van der Waals surface area (Å²) >= 11 is 1.68. The molecule has 0 spiro atoms. The first-order valence-corrected chi connectivity index (χ1v) is 5.63. The van der Waals surface area contributed by atoms with Crippen molar-refractivity contribution in [3.8, 4) is 0 Å². The van der Waals surface area contributed by atoms with Crippen molar-refractivity contribution < 1.29 is 4.39 Å². The highest BCUT2D eigenvalue weighted by Crippen LogP contribution is 2.17. The molecule has 0 aliphatic heterocycles. The third kappa shape index (κ3) is 3.16. The smallest absolute Gasteiger partial charge is 0.0875 e. The van der Waals surface area contributed by atoms with Crippen molar-refractivity contribution >= 4 is 11.8 Å². The van der Waals surface area contributed by atoms with E-state index in [1.807, 2.05) is 24.5 Å². The fraction of sp³-hybridized carbons (Fsp3) is 0.273. The van der Waals surface area contributed by atoms with Gasteiger partial charge in [-0.05, 0) is 35.9 Å². The van der Waals surface area contributed by atoms with Crippen LogP contribution in [-0.2, 0) is 6.42 Å². The molecule has 0 amide bonds. The molecular weight excluding hydrogens is 197 g/mol. The quantitative estimate of drug-likeness (QED) is 0.775. The van der Waals surface area contributed by atoms with Gasteiger partial charge in [0.25, 0.3) is 0 Å². The second-order valence-corrected chi connectivity index (χ2v) is 3.88. The van der Waals surface area contributed by atoms with Crippen LogP contribution in [0, 0.1) is 0 Å². The molecule has 0 radical (unpaired) electrons. The Morgan fingerprint density at radius 2 is 2.36 bits per heavy atom. The highest BCUT2D eigenvalue weighted by molar-refractivity contribution is 7.98. The molecule has 3 heteroatoms. The van der Waals surface area contributed by atoms with Crippen molar-refractivity contribution in [3.63, 3.8) is 0 Å². The molecule has 0 atom stereocenters. The maximum atomic E-state index is 12.3. The zero-order valence-electron chi connectivity index (χ0n) is 8.16. The van der Waals surface area contributed by atoms with Gasteiger partial charge in [-0.25, -0.2) is 4.39 Å². The molecule has 1 nitrogen and oxygen atoms in total. The molecule has 0 aromatic heterocycles. The maximum Gasteiger partial charge on any atom is 0.0875 e. The Labute approximate surface area is 88.2 Å². The largest absolute Gasteiger partial charge is 0.327 e. The number of benzene rings is 1. The summed E-state index contributed by atoms with van der Waals surface area (Å²) < 4.78 is 12.3. The molecule has 0 aliphatic rings. The summed E-state index contributed by atoms with van der Waals surface area (Å²) in [6.07, 6.45) is 3.22. The van der Waals surface area contributed by atoms with Gasteiger partial charge in [0.2, 0.25) is 0 Å². The fourth-order valence-corrected chi connectivity index (χ4v) is 1.68. The van der Waals surface area contributed by atoms with Gasteiger partial charge in [-0.15, -0.1) is 11.8 Å². The van der Waals surface area contributed by atoms with Gasteiger partial charge in [0.1, 0.15) is 0 Å². The normalized spacial score (nSPS) is 11.8. The van der Waals surface area contributed by atoms with E-state index in [1.54, 1.807) is 11.8 Å². The average molecular weight is 211 g/mol. The topological polar surface area (TPSA) is 26.0 Å². The van der Waals surface area contributed by atoms with Gasteiger partial charge in [-0.3, -0.25) is 0 Å². The molecule has 0 unspecified atom stereocenters. The summed E-state index contributed by atoms with van der Waals surface area (Å²) in [5, 5.41) is 0. The van der Waals surface area contributed by atoms with Crippen LogP contribution < -0.4 is 5.73 Å². The first-order chi connectivity index (χ1) is 6.80. The lowest BCUT2D eigenvalue weighted by atomic mass is 10.1. The summed E-state index contributed by atoms with van der Waals surface area (Å²) in [5.74, 6) is 0. The van der Waals surface area contributed by atoms with Crippen molar-refractivity contribution in [1.29, 1.82) is 0 Å². The predicted molar refractivity (Wildman–Crippen MR) is 60.2 cm³/mol. The molecule has 0 heterocycles. The Hall–Kier alpha value is -0.800. The molecule has 14 heavy (non-hydrogen) atoms. The van der Waals surface area contributed by atoms with Crippen LogP contribution in [0.15, 0.2) is 41.1 Å². The van der Waals surface area contributed by atoms with Gasteiger partial charge in [0.15, 0.2) is 0 Å². The third-order valence-electron chi connectivity index (χ3n) is 1.98. The molecule has 2 N–H and O–H groups in total. The molecule has 1 aromatic rings. The third-order valence-corrected chi connectivity index (χ3v) is 2.71. The van der Waals surface area contributed by atoms with Gasteiger partial charge in [-0.1, -0.05) is 12.1 Å². The van der Waals surface area contributed by atoms with Crippen LogP contribution in [0.1, 0.15) is 5.56 Å². The van der Waals surface area contributed by atoms with Gasteiger partial charge in [-0.2, -0.15) is 0 Å². The lowest BCUT2D eigenvalue weighted by Crippen LogP contribution is -2.05. The van der Waals surface area contributed by atoms with Gasteiger partial charge < -0.3 is 5.73 Å². The number of thioether (sulfide) groups is 1. The molecular formula is C11H14FNS. The predicted octanol–water partition coefficient (Wildman–Crippen LogP) is 2.76.